The number of rotatable bonds is 9. The van der Waals surface area contributed by atoms with Gasteiger partial charge in [0.05, 0.1) is 11.5 Å². The molecule has 0 aromatic heterocycles. The zero-order chi connectivity index (χ0) is 23.1. The van der Waals surface area contributed by atoms with Crippen molar-refractivity contribution in [1.29, 1.82) is 0 Å². The average Bonchev–Trinajstić information content (AvgIpc) is 2.75. The van der Waals surface area contributed by atoms with Crippen molar-refractivity contribution >= 4 is 21.6 Å². The highest BCUT2D eigenvalue weighted by Crippen LogP contribution is 2.22. The molecule has 3 aromatic rings. The Labute approximate surface area is 189 Å². The van der Waals surface area contributed by atoms with Gasteiger partial charge >= 0.3 is 0 Å². The van der Waals surface area contributed by atoms with Crippen LogP contribution < -0.4 is 14.8 Å². The number of carbonyl (C=O) groups is 1. The fourth-order valence-electron chi connectivity index (χ4n) is 3.35. The van der Waals surface area contributed by atoms with E-state index in [1.54, 1.807) is 25.1 Å². The number of nitrogens with one attached hydrogen (secondary N) is 2. The van der Waals surface area contributed by atoms with Gasteiger partial charge in [-0.25, -0.2) is 8.42 Å². The number of sulfonamides is 1. The van der Waals surface area contributed by atoms with Gasteiger partial charge in [-0.2, -0.15) is 4.72 Å². The molecule has 2 N–H and O–H groups in total. The van der Waals surface area contributed by atoms with Crippen molar-refractivity contribution in [2.24, 2.45) is 0 Å². The number of hydrogen-bond acceptors (Lipinski definition) is 4. The molecule has 168 valence electrons. The van der Waals surface area contributed by atoms with Crippen LogP contribution in [0.15, 0.2) is 77.7 Å². The molecule has 0 spiro atoms. The summed E-state index contributed by atoms with van der Waals surface area (Å²) in [6, 6.07) is 20.4. The second-order valence-corrected chi connectivity index (χ2v) is 9.30. The first kappa shape index (κ1) is 23.5. The molecule has 3 aromatic carbocycles. The predicted octanol–water partition coefficient (Wildman–Crippen LogP) is 4.23. The molecule has 0 aliphatic rings. The molecule has 1 amide bonds. The van der Waals surface area contributed by atoms with Gasteiger partial charge in [0, 0.05) is 5.69 Å². The van der Waals surface area contributed by atoms with Crippen LogP contribution in [0, 0.1) is 13.8 Å². The Morgan fingerprint density at radius 2 is 1.72 bits per heavy atom. The molecule has 6 nitrogen and oxygen atoms in total. The Kier molecular flexibility index (Phi) is 7.66. The lowest BCUT2D eigenvalue weighted by Crippen LogP contribution is -2.45. The highest BCUT2D eigenvalue weighted by atomic mass is 32.2. The number of carbonyl (C=O) groups excluding carboxylic acids is 1. The number of ether oxygens (including phenoxy) is 1. The molecule has 1 atom stereocenters. The van der Waals surface area contributed by atoms with Crippen LogP contribution in [0.1, 0.15) is 23.6 Å². The molecule has 7 heteroatoms. The summed E-state index contributed by atoms with van der Waals surface area (Å²) < 4.78 is 34.4. The van der Waals surface area contributed by atoms with E-state index in [-0.39, 0.29) is 11.3 Å². The van der Waals surface area contributed by atoms with Crippen LogP contribution in [0.25, 0.3) is 0 Å². The second-order valence-electron chi connectivity index (χ2n) is 7.58. The Balaban J connectivity index is 1.87. The van der Waals surface area contributed by atoms with Crippen LogP contribution in [0.2, 0.25) is 0 Å². The summed E-state index contributed by atoms with van der Waals surface area (Å²) >= 11 is 0. The molecule has 1 unspecified atom stereocenters. The minimum atomic E-state index is -3.95. The van der Waals surface area contributed by atoms with Crippen LogP contribution in [-0.4, -0.2) is 27.0 Å². The zero-order valence-electron chi connectivity index (χ0n) is 18.5. The van der Waals surface area contributed by atoms with Gasteiger partial charge in [-0.05, 0) is 74.2 Å². The van der Waals surface area contributed by atoms with E-state index in [1.165, 1.54) is 6.07 Å². The topological polar surface area (TPSA) is 84.5 Å². The van der Waals surface area contributed by atoms with Gasteiger partial charge in [0.15, 0.2) is 0 Å². The largest absolute Gasteiger partial charge is 0.494 e. The van der Waals surface area contributed by atoms with E-state index in [2.05, 4.69) is 10.0 Å². The van der Waals surface area contributed by atoms with E-state index in [1.807, 2.05) is 62.4 Å². The summed E-state index contributed by atoms with van der Waals surface area (Å²) in [5.41, 5.74) is 3.16. The van der Waals surface area contributed by atoms with E-state index in [9.17, 15) is 13.2 Å². The van der Waals surface area contributed by atoms with Crippen molar-refractivity contribution in [2.45, 2.75) is 38.1 Å². The number of amides is 1. The van der Waals surface area contributed by atoms with E-state index >= 15 is 0 Å². The molecular weight excluding hydrogens is 424 g/mol. The van der Waals surface area contributed by atoms with Crippen molar-refractivity contribution in [3.8, 4) is 5.75 Å². The highest BCUT2D eigenvalue weighted by Gasteiger charge is 2.26. The summed E-state index contributed by atoms with van der Waals surface area (Å²) in [6.45, 7) is 6.07. The van der Waals surface area contributed by atoms with Crippen molar-refractivity contribution < 1.29 is 17.9 Å². The molecule has 0 aliphatic carbocycles. The van der Waals surface area contributed by atoms with Gasteiger partial charge in [0.1, 0.15) is 11.8 Å². The lowest BCUT2D eigenvalue weighted by atomic mass is 10.1. The number of benzene rings is 3. The fraction of sp³-hybridized carbons (Fsp3) is 0.240. The van der Waals surface area contributed by atoms with Gasteiger partial charge in [0.25, 0.3) is 0 Å². The van der Waals surface area contributed by atoms with E-state index < -0.39 is 22.0 Å². The van der Waals surface area contributed by atoms with Gasteiger partial charge in [-0.15, -0.1) is 0 Å². The first-order valence-corrected chi connectivity index (χ1v) is 11.9. The average molecular weight is 453 g/mol. The minimum Gasteiger partial charge on any atom is -0.494 e. The second kappa shape index (κ2) is 10.4. The molecule has 0 saturated carbocycles. The first-order valence-electron chi connectivity index (χ1n) is 10.5. The molecule has 0 heterocycles. The Morgan fingerprint density at radius 1 is 0.969 bits per heavy atom. The first-order chi connectivity index (χ1) is 15.3. The third-order valence-electron chi connectivity index (χ3n) is 4.94. The number of hydrogen-bond donors (Lipinski definition) is 2. The summed E-state index contributed by atoms with van der Waals surface area (Å²) in [4.78, 5) is 13.2. The monoisotopic (exact) mass is 452 g/mol. The predicted molar refractivity (Wildman–Crippen MR) is 126 cm³/mol. The molecule has 0 fully saturated rings. The molecule has 3 rings (SSSR count). The summed E-state index contributed by atoms with van der Waals surface area (Å²) in [7, 11) is -3.95. The molecule has 32 heavy (non-hydrogen) atoms. The smallest absolute Gasteiger partial charge is 0.242 e. The third kappa shape index (κ3) is 6.18. The minimum absolute atomic E-state index is 0.0832. The zero-order valence-corrected chi connectivity index (χ0v) is 19.3. The fourth-order valence-corrected chi connectivity index (χ4v) is 4.63. The maximum Gasteiger partial charge on any atom is 0.242 e. The molecule has 0 aliphatic heterocycles. The van der Waals surface area contributed by atoms with E-state index in [0.717, 1.165) is 11.1 Å². The van der Waals surface area contributed by atoms with Crippen LogP contribution in [0.4, 0.5) is 5.69 Å². The van der Waals surface area contributed by atoms with Gasteiger partial charge in [-0.1, -0.05) is 42.5 Å². The highest BCUT2D eigenvalue weighted by molar-refractivity contribution is 7.89. The van der Waals surface area contributed by atoms with E-state index in [0.29, 0.717) is 23.6 Å². The SMILES string of the molecule is CCOc1ccc(S(=O)(=O)NC(Cc2ccccc2)C(=O)Nc2cccc(C)c2)cc1C. The lowest BCUT2D eigenvalue weighted by molar-refractivity contribution is -0.117. The van der Waals surface area contributed by atoms with Crippen LogP contribution in [0.3, 0.4) is 0 Å². The van der Waals surface area contributed by atoms with Gasteiger partial charge in [0.2, 0.25) is 15.9 Å². The summed E-state index contributed by atoms with van der Waals surface area (Å²) in [5.74, 6) is 0.204. The lowest BCUT2D eigenvalue weighted by Gasteiger charge is -2.19. The number of aryl methyl sites for hydroxylation is 2. The molecule has 0 radical (unpaired) electrons. The van der Waals surface area contributed by atoms with Gasteiger partial charge < -0.3 is 10.1 Å². The molecular formula is C25H28N2O4S. The quantitative estimate of drug-likeness (QED) is 0.509. The van der Waals surface area contributed by atoms with Crippen LogP contribution in [0.5, 0.6) is 5.75 Å². The molecule has 0 saturated heterocycles. The summed E-state index contributed by atoms with van der Waals surface area (Å²) in [5, 5.41) is 2.83. The standard InChI is InChI=1S/C25H28N2O4S/c1-4-31-24-14-13-22(16-19(24)3)32(29,30)27-23(17-20-10-6-5-7-11-20)25(28)26-21-12-8-9-18(2)15-21/h5-16,23,27H,4,17H2,1-3H3,(H,26,28). The molecule has 0 bridgehead atoms. The number of anilines is 1. The normalized spacial score (nSPS) is 12.2. The van der Waals surface area contributed by atoms with Crippen LogP contribution in [-0.2, 0) is 21.2 Å². The Hall–Kier alpha value is -3.16. The van der Waals surface area contributed by atoms with Crippen molar-refractivity contribution in [3.05, 3.63) is 89.5 Å². The Bertz CT molecular complexity index is 1180. The van der Waals surface area contributed by atoms with Crippen LogP contribution >= 0.6 is 0 Å². The van der Waals surface area contributed by atoms with Crippen molar-refractivity contribution in [2.75, 3.05) is 11.9 Å². The van der Waals surface area contributed by atoms with E-state index in [4.69, 9.17) is 4.74 Å². The van der Waals surface area contributed by atoms with Crippen molar-refractivity contribution in [1.82, 2.24) is 4.72 Å². The van der Waals surface area contributed by atoms with Crippen molar-refractivity contribution in [3.63, 3.8) is 0 Å². The maximum atomic E-state index is 13.1. The Morgan fingerprint density at radius 3 is 2.38 bits per heavy atom. The summed E-state index contributed by atoms with van der Waals surface area (Å²) in [6.07, 6.45) is 0.216. The maximum absolute atomic E-state index is 13.1. The third-order valence-corrected chi connectivity index (χ3v) is 6.41. The van der Waals surface area contributed by atoms with Gasteiger partial charge in [-0.3, -0.25) is 4.79 Å².